The Bertz CT molecular complexity index is 620. The van der Waals surface area contributed by atoms with Crippen LogP contribution in [0.4, 0.5) is 9.93 Å². The fourth-order valence-electron chi connectivity index (χ4n) is 2.65. The number of amides is 2. The van der Waals surface area contributed by atoms with Crippen molar-refractivity contribution in [2.45, 2.75) is 32.9 Å². The van der Waals surface area contributed by atoms with Crippen molar-refractivity contribution in [2.75, 3.05) is 11.9 Å². The van der Waals surface area contributed by atoms with Crippen LogP contribution in [-0.4, -0.2) is 31.4 Å². The molecule has 0 saturated carbocycles. The highest BCUT2D eigenvalue weighted by Gasteiger charge is 2.29. The summed E-state index contributed by atoms with van der Waals surface area (Å²) >= 11 is 1.21. The van der Waals surface area contributed by atoms with Crippen molar-refractivity contribution in [2.24, 2.45) is 0 Å². The van der Waals surface area contributed by atoms with Gasteiger partial charge >= 0.3 is 6.03 Å². The summed E-state index contributed by atoms with van der Waals surface area (Å²) in [6, 6.07) is 4.14. The maximum Gasteiger partial charge on any atom is 0.324 e. The van der Waals surface area contributed by atoms with Gasteiger partial charge in [0, 0.05) is 36.5 Å². The Morgan fingerprint density at radius 2 is 2.40 bits per heavy atom. The molecule has 1 aliphatic heterocycles. The van der Waals surface area contributed by atoms with E-state index in [0.29, 0.717) is 17.5 Å². The quantitative estimate of drug-likeness (QED) is 0.925. The molecule has 6 nitrogen and oxygen atoms in total. The van der Waals surface area contributed by atoms with Gasteiger partial charge in [-0.2, -0.15) is 4.37 Å². The predicted molar refractivity (Wildman–Crippen MR) is 77.8 cm³/mol. The molecule has 0 radical (unpaired) electrons. The van der Waals surface area contributed by atoms with Gasteiger partial charge in [0.1, 0.15) is 5.82 Å². The Morgan fingerprint density at radius 3 is 3.10 bits per heavy atom. The molecule has 0 spiro atoms. The second-order valence-corrected chi connectivity index (χ2v) is 5.57. The van der Waals surface area contributed by atoms with Gasteiger partial charge in [-0.1, -0.05) is 6.92 Å². The number of nitrogens with one attached hydrogen (secondary N) is 1. The number of anilines is 1. The first-order valence-corrected chi connectivity index (χ1v) is 7.49. The van der Waals surface area contributed by atoms with Crippen molar-refractivity contribution in [1.29, 1.82) is 0 Å². The minimum Gasteiger partial charge on any atom is -0.348 e. The zero-order valence-corrected chi connectivity index (χ0v) is 12.4. The highest BCUT2D eigenvalue weighted by molar-refractivity contribution is 7.09. The van der Waals surface area contributed by atoms with Crippen LogP contribution in [0.1, 0.15) is 30.9 Å². The lowest BCUT2D eigenvalue weighted by atomic mass is 10.1. The number of hydrogen-bond donors (Lipinski definition) is 1. The molecule has 2 aromatic rings. The topological polar surface area (TPSA) is 63.1 Å². The Kier molecular flexibility index (Phi) is 3.43. The summed E-state index contributed by atoms with van der Waals surface area (Å²) in [7, 11) is 0. The van der Waals surface area contributed by atoms with Gasteiger partial charge in [0.25, 0.3) is 0 Å². The highest BCUT2D eigenvalue weighted by atomic mass is 32.1. The Balaban J connectivity index is 1.78. The van der Waals surface area contributed by atoms with E-state index in [-0.39, 0.29) is 12.1 Å². The molecule has 3 heterocycles. The van der Waals surface area contributed by atoms with Crippen LogP contribution in [0.3, 0.4) is 0 Å². The van der Waals surface area contributed by atoms with Crippen LogP contribution in [0.5, 0.6) is 0 Å². The summed E-state index contributed by atoms with van der Waals surface area (Å²) in [5, 5.41) is 3.40. The van der Waals surface area contributed by atoms with E-state index in [0.717, 1.165) is 13.0 Å². The van der Waals surface area contributed by atoms with Gasteiger partial charge in [-0.3, -0.25) is 5.32 Å². The average Bonchev–Trinajstić information content (AvgIpc) is 3.06. The molecule has 0 fully saturated rings. The van der Waals surface area contributed by atoms with Gasteiger partial charge in [0.2, 0.25) is 5.13 Å². The molecule has 2 aromatic heterocycles. The Hall–Kier alpha value is -1.89. The first-order valence-electron chi connectivity index (χ1n) is 6.72. The molecule has 0 saturated heterocycles. The SMILES string of the molecule is CC[C@@H]1c2cccn2CCN1C(=O)Nc1nc(C)ns1. The number of carbonyl (C=O) groups is 1. The average molecular weight is 291 g/mol. The van der Waals surface area contributed by atoms with Gasteiger partial charge in [-0.15, -0.1) is 0 Å². The lowest BCUT2D eigenvalue weighted by Crippen LogP contribution is -2.43. The number of rotatable bonds is 2. The van der Waals surface area contributed by atoms with Crippen molar-refractivity contribution in [3.63, 3.8) is 0 Å². The third kappa shape index (κ3) is 2.29. The molecule has 7 heteroatoms. The largest absolute Gasteiger partial charge is 0.348 e. The third-order valence-electron chi connectivity index (χ3n) is 3.55. The summed E-state index contributed by atoms with van der Waals surface area (Å²) in [5.74, 6) is 0.685. The molecule has 0 bridgehead atoms. The van der Waals surface area contributed by atoms with Crippen LogP contribution in [0.25, 0.3) is 0 Å². The highest BCUT2D eigenvalue weighted by Crippen LogP contribution is 2.29. The molecule has 106 valence electrons. The van der Waals surface area contributed by atoms with E-state index in [1.807, 2.05) is 17.9 Å². The lowest BCUT2D eigenvalue weighted by Gasteiger charge is -2.36. The number of aryl methyl sites for hydroxylation is 1. The van der Waals surface area contributed by atoms with E-state index >= 15 is 0 Å². The molecule has 0 aliphatic carbocycles. The molecule has 3 rings (SSSR count). The third-order valence-corrected chi connectivity index (χ3v) is 4.27. The number of carbonyl (C=O) groups excluding carboxylic acids is 1. The van der Waals surface area contributed by atoms with Crippen molar-refractivity contribution in [1.82, 2.24) is 18.8 Å². The van der Waals surface area contributed by atoms with Crippen LogP contribution >= 0.6 is 11.5 Å². The van der Waals surface area contributed by atoms with Crippen molar-refractivity contribution >= 4 is 22.7 Å². The maximum absolute atomic E-state index is 12.4. The van der Waals surface area contributed by atoms with Crippen LogP contribution in [0, 0.1) is 6.92 Å². The molecule has 1 aliphatic rings. The normalized spacial score (nSPS) is 17.9. The van der Waals surface area contributed by atoms with Gasteiger partial charge < -0.3 is 9.47 Å². The summed E-state index contributed by atoms with van der Waals surface area (Å²) in [6.45, 7) is 5.46. The zero-order valence-electron chi connectivity index (χ0n) is 11.5. The van der Waals surface area contributed by atoms with Gasteiger partial charge in [0.05, 0.1) is 6.04 Å². The molecule has 1 N–H and O–H groups in total. The van der Waals surface area contributed by atoms with E-state index in [1.54, 1.807) is 0 Å². The fourth-order valence-corrected chi connectivity index (χ4v) is 3.21. The molecular weight excluding hydrogens is 274 g/mol. The molecule has 2 amide bonds. The maximum atomic E-state index is 12.4. The second-order valence-electron chi connectivity index (χ2n) is 4.82. The van der Waals surface area contributed by atoms with E-state index in [2.05, 4.69) is 38.4 Å². The number of nitrogens with zero attached hydrogens (tertiary/aromatic N) is 4. The summed E-state index contributed by atoms with van der Waals surface area (Å²) in [5.41, 5.74) is 1.20. The van der Waals surface area contributed by atoms with Gasteiger partial charge in [0.15, 0.2) is 0 Å². The monoisotopic (exact) mass is 291 g/mol. The standard InChI is InChI=1S/C13H17N5OS/c1-3-10-11-5-4-6-17(11)7-8-18(10)13(19)15-12-14-9(2)16-20-12/h4-6,10H,3,7-8H2,1-2H3,(H,14,15,16,19)/t10-/m1/s1. The van der Waals surface area contributed by atoms with Crippen LogP contribution in [0.2, 0.25) is 0 Å². The van der Waals surface area contributed by atoms with Crippen LogP contribution < -0.4 is 5.32 Å². The minimum atomic E-state index is -0.0968. The van der Waals surface area contributed by atoms with E-state index in [1.165, 1.54) is 17.2 Å². The lowest BCUT2D eigenvalue weighted by molar-refractivity contribution is 0.166. The van der Waals surface area contributed by atoms with Gasteiger partial charge in [-0.05, 0) is 25.5 Å². The minimum absolute atomic E-state index is 0.0968. The summed E-state index contributed by atoms with van der Waals surface area (Å²) in [4.78, 5) is 18.5. The number of urea groups is 1. The molecule has 1 atom stereocenters. The predicted octanol–water partition coefficient (Wildman–Crippen LogP) is 2.65. The zero-order chi connectivity index (χ0) is 14.1. The van der Waals surface area contributed by atoms with Crippen LogP contribution in [-0.2, 0) is 6.54 Å². The number of fused-ring (bicyclic) bond motifs is 1. The first-order chi connectivity index (χ1) is 9.69. The fraction of sp³-hybridized carbons (Fsp3) is 0.462. The van der Waals surface area contributed by atoms with Crippen molar-refractivity contribution in [3.05, 3.63) is 29.8 Å². The van der Waals surface area contributed by atoms with Gasteiger partial charge in [-0.25, -0.2) is 9.78 Å². The molecule has 0 aromatic carbocycles. The molecule has 0 unspecified atom stereocenters. The Morgan fingerprint density at radius 1 is 1.55 bits per heavy atom. The van der Waals surface area contributed by atoms with Crippen molar-refractivity contribution in [3.8, 4) is 0 Å². The smallest absolute Gasteiger partial charge is 0.324 e. The number of hydrogen-bond acceptors (Lipinski definition) is 4. The van der Waals surface area contributed by atoms with E-state index < -0.39 is 0 Å². The van der Waals surface area contributed by atoms with E-state index in [4.69, 9.17) is 0 Å². The molecule has 20 heavy (non-hydrogen) atoms. The number of aromatic nitrogens is 3. The second kappa shape index (κ2) is 5.24. The summed E-state index contributed by atoms with van der Waals surface area (Å²) < 4.78 is 6.29. The molecular formula is C13H17N5OS. The van der Waals surface area contributed by atoms with Crippen molar-refractivity contribution < 1.29 is 4.79 Å². The van der Waals surface area contributed by atoms with E-state index in [9.17, 15) is 4.79 Å². The Labute approximate surface area is 121 Å². The van der Waals surface area contributed by atoms with Crippen LogP contribution in [0.15, 0.2) is 18.3 Å². The summed E-state index contributed by atoms with van der Waals surface area (Å²) in [6.07, 6.45) is 2.97. The first kappa shape index (κ1) is 13.1.